The molecule has 2 aromatic carbocycles. The van der Waals surface area contributed by atoms with Gasteiger partial charge in [0.05, 0.1) is 0 Å². The van der Waals surface area contributed by atoms with Gasteiger partial charge in [-0.05, 0) is 0 Å². The third kappa shape index (κ3) is 16.2. The molecule has 134 valence electrons. The van der Waals surface area contributed by atoms with Gasteiger partial charge in [-0.25, -0.2) is 21.7 Å². The van der Waals surface area contributed by atoms with Crippen molar-refractivity contribution in [3.05, 3.63) is 92.1 Å². The minimum Gasteiger partial charge on any atom is -0.168 e. The molecule has 3 rings (SSSR count). The quantitative estimate of drug-likeness (QED) is 0.457. The molecule has 0 saturated heterocycles. The van der Waals surface area contributed by atoms with Crippen LogP contribution in [0.25, 0.3) is 10.8 Å². The summed E-state index contributed by atoms with van der Waals surface area (Å²) in [6.45, 7) is 5.92. The zero-order valence-corrected chi connectivity index (χ0v) is 16.0. The Morgan fingerprint density at radius 3 is 1.96 bits per heavy atom. The van der Waals surface area contributed by atoms with E-state index in [2.05, 4.69) is 72.6 Å². The summed E-state index contributed by atoms with van der Waals surface area (Å²) in [5.41, 5.74) is 0. The Bertz CT molecular complexity index is 668. The summed E-state index contributed by atoms with van der Waals surface area (Å²) in [7, 11) is 0. The van der Waals surface area contributed by atoms with E-state index >= 15 is 0 Å². The fourth-order valence-electron chi connectivity index (χ4n) is 1.41. The van der Waals surface area contributed by atoms with Gasteiger partial charge in [0.2, 0.25) is 0 Å². The van der Waals surface area contributed by atoms with Gasteiger partial charge < -0.3 is 10.2 Å². The van der Waals surface area contributed by atoms with E-state index in [1.54, 1.807) is 20.0 Å². The van der Waals surface area contributed by atoms with Gasteiger partial charge in [-0.1, -0.05) is 19.2 Å². The molecule has 0 atom stereocenters. The fraction of sp³-hybridized carbons (Fsp3) is 0.0476. The van der Waals surface area contributed by atoms with Gasteiger partial charge in [0.15, 0.2) is 0 Å². The number of benzene rings is 1. The number of aliphatic carboxylic acids is 2. The van der Waals surface area contributed by atoms with Crippen LogP contribution in [0.3, 0.4) is 0 Å². The van der Waals surface area contributed by atoms with E-state index in [1.807, 2.05) is 12.2 Å². The topological polar surface area (TPSA) is 74.6 Å². The smallest absolute Gasteiger partial charge is 0.0809 e. The zero-order chi connectivity index (χ0) is 20.2. The van der Waals surface area contributed by atoms with Crippen molar-refractivity contribution in [3.63, 3.8) is 0 Å². The average Bonchev–Trinajstić information content (AvgIpc) is 3.38. The first-order chi connectivity index (χ1) is 12.5. The molecule has 1 aliphatic carbocycles. The third-order valence-corrected chi connectivity index (χ3v) is 2.48. The Labute approximate surface area is 165 Å². The molecule has 0 fully saturated rings. The molecule has 0 saturated carbocycles. The van der Waals surface area contributed by atoms with E-state index in [-0.39, 0.29) is 0 Å². The SMILES string of the molecule is C=CC(=O)O.C=CC(=O)O.[C-]1=CC=CC1.[CH2]=[Ti+2].c1ccc2[cH-]ccc2c1. The van der Waals surface area contributed by atoms with Crippen molar-refractivity contribution < 1.29 is 39.8 Å². The van der Waals surface area contributed by atoms with Crippen LogP contribution in [-0.4, -0.2) is 27.0 Å². The predicted molar refractivity (Wildman–Crippen MR) is 104 cm³/mol. The molecule has 0 aliphatic heterocycles. The Kier molecular flexibility index (Phi) is 18.3. The molecule has 0 aromatic heterocycles. The molecule has 0 unspecified atom stereocenters. The van der Waals surface area contributed by atoms with Gasteiger partial charge in [-0.15, -0.1) is 36.1 Å². The van der Waals surface area contributed by atoms with Crippen LogP contribution in [0.2, 0.25) is 0 Å². The van der Waals surface area contributed by atoms with Gasteiger partial charge in [0, 0.05) is 12.2 Å². The number of carboxylic acid groups (broad SMARTS) is 2. The van der Waals surface area contributed by atoms with Crippen LogP contribution in [-0.2, 0) is 29.6 Å². The monoisotopic (exact) mass is 386 g/mol. The summed E-state index contributed by atoms with van der Waals surface area (Å²) in [4.78, 5) is 21.8. The maximum atomic E-state index is 9.25. The first kappa shape index (κ1) is 25.6. The van der Waals surface area contributed by atoms with Crippen molar-refractivity contribution in [1.82, 2.24) is 0 Å². The molecule has 0 spiro atoms. The molecule has 4 nitrogen and oxygen atoms in total. The van der Waals surface area contributed by atoms with E-state index in [1.165, 1.54) is 10.8 Å². The van der Waals surface area contributed by atoms with Crippen molar-refractivity contribution in [1.29, 1.82) is 0 Å². The van der Waals surface area contributed by atoms with E-state index in [9.17, 15) is 9.59 Å². The van der Waals surface area contributed by atoms with E-state index in [0.29, 0.717) is 0 Å². The maximum Gasteiger partial charge on any atom is -0.0809 e. The van der Waals surface area contributed by atoms with Crippen molar-refractivity contribution in [3.8, 4) is 0 Å². The minimum absolute atomic E-state index is 0.833. The third-order valence-electron chi connectivity index (χ3n) is 2.48. The molecule has 0 heterocycles. The van der Waals surface area contributed by atoms with Gasteiger partial charge in [-0.2, -0.15) is 23.6 Å². The number of hydrogen-bond donors (Lipinski definition) is 2. The van der Waals surface area contributed by atoms with Crippen molar-refractivity contribution in [2.75, 3.05) is 0 Å². The summed E-state index contributed by atoms with van der Waals surface area (Å²) < 4.78 is 0. The van der Waals surface area contributed by atoms with Gasteiger partial charge in [0.25, 0.3) is 0 Å². The molecule has 0 radical (unpaired) electrons. The van der Waals surface area contributed by atoms with Gasteiger partial charge in [0.1, 0.15) is 0 Å². The number of rotatable bonds is 2. The predicted octanol–water partition coefficient (Wildman–Crippen LogP) is 4.34. The van der Waals surface area contributed by atoms with Crippen LogP contribution in [0.15, 0.2) is 86.0 Å². The van der Waals surface area contributed by atoms with Crippen LogP contribution < -0.4 is 0 Å². The van der Waals surface area contributed by atoms with Crippen LogP contribution in [0.1, 0.15) is 6.42 Å². The minimum atomic E-state index is -0.981. The number of fused-ring (bicyclic) bond motifs is 1. The first-order valence-electron chi connectivity index (χ1n) is 7.39. The summed E-state index contributed by atoms with van der Waals surface area (Å²) in [6, 6.07) is 14.7. The summed E-state index contributed by atoms with van der Waals surface area (Å²) in [5, 5.41) is 17.9. The summed E-state index contributed by atoms with van der Waals surface area (Å²) in [6.07, 6.45) is 11.7. The normalized spacial score (nSPS) is 9.62. The van der Waals surface area contributed by atoms with E-state index < -0.39 is 11.9 Å². The second-order valence-corrected chi connectivity index (χ2v) is 4.24. The molecule has 0 amide bonds. The molecule has 5 heteroatoms. The van der Waals surface area contributed by atoms with Crippen LogP contribution >= 0.6 is 0 Å². The molecule has 2 N–H and O–H groups in total. The number of allylic oxidation sites excluding steroid dienone is 4. The zero-order valence-electron chi connectivity index (χ0n) is 14.5. The van der Waals surface area contributed by atoms with Gasteiger partial charge in [-0.3, -0.25) is 6.08 Å². The number of hydrogen-bond acceptors (Lipinski definition) is 2. The molecular formula is C21H22O4Ti. The first-order valence-corrected chi connectivity index (χ1v) is 8.50. The summed E-state index contributed by atoms with van der Waals surface area (Å²) >= 11 is 1.75. The number of carboxylic acids is 2. The van der Waals surface area contributed by atoms with Crippen LogP contribution in [0.5, 0.6) is 0 Å². The Hall–Kier alpha value is -2.69. The van der Waals surface area contributed by atoms with Crippen LogP contribution in [0.4, 0.5) is 0 Å². The van der Waals surface area contributed by atoms with E-state index in [4.69, 9.17) is 10.2 Å². The number of carbonyl (C=O) groups is 2. The van der Waals surface area contributed by atoms with Crippen molar-refractivity contribution in [2.45, 2.75) is 6.42 Å². The van der Waals surface area contributed by atoms with Gasteiger partial charge >= 0.3 is 36.7 Å². The maximum absolute atomic E-state index is 9.25. The Balaban J connectivity index is 0. The molecular weight excluding hydrogens is 364 g/mol. The fourth-order valence-corrected chi connectivity index (χ4v) is 1.41. The second-order valence-electron chi connectivity index (χ2n) is 4.24. The van der Waals surface area contributed by atoms with Crippen molar-refractivity contribution in [2.24, 2.45) is 0 Å². The Morgan fingerprint density at radius 1 is 1.08 bits per heavy atom. The second kappa shape index (κ2) is 18.7. The van der Waals surface area contributed by atoms with Crippen molar-refractivity contribution >= 4 is 27.5 Å². The Morgan fingerprint density at radius 2 is 1.62 bits per heavy atom. The van der Waals surface area contributed by atoms with E-state index in [0.717, 1.165) is 18.6 Å². The molecule has 1 aliphatic rings. The standard InChI is InChI=1S/C9H7.C5H5.2C3H4O2.CH2.Ti/c1-2-5-9-7-3-6-8(9)4-1;1-2-4-5-3-1;2*1-2-3(4)5;;/h1-7H;1-3H,4H2;2*2H,1H2,(H,4,5);1H2;/q2*-1;;;;+2. The summed E-state index contributed by atoms with van der Waals surface area (Å²) in [5.74, 6) is -1.96. The molecule has 0 bridgehead atoms. The molecule has 2 aromatic rings. The largest absolute Gasteiger partial charge is 0.168 e. The molecule has 26 heavy (non-hydrogen) atoms. The average molecular weight is 386 g/mol. The van der Waals surface area contributed by atoms with Crippen LogP contribution in [0, 0.1) is 6.08 Å².